The zero-order chi connectivity index (χ0) is 17.9. The second-order valence-electron chi connectivity index (χ2n) is 6.20. The summed E-state index contributed by atoms with van der Waals surface area (Å²) in [6.07, 6.45) is 2.59. The standard InChI is InChI=1S/C20H19N3O3/c1-14-19(26-18-6-3-2-5-17(18)25-14)20(24)22-16-9-7-15(8-10-16)13-23-12-4-11-21-23/h2-12,14,19H,13H2,1H3,(H,22,24)/t14-,19+/m0/s1. The molecular weight excluding hydrogens is 330 g/mol. The van der Waals surface area contributed by atoms with Crippen LogP contribution in [0.5, 0.6) is 11.5 Å². The number of fused-ring (bicyclic) bond motifs is 1. The topological polar surface area (TPSA) is 65.4 Å². The van der Waals surface area contributed by atoms with Crippen LogP contribution in [0.25, 0.3) is 0 Å². The summed E-state index contributed by atoms with van der Waals surface area (Å²) in [4.78, 5) is 12.6. The van der Waals surface area contributed by atoms with E-state index in [2.05, 4.69) is 10.4 Å². The van der Waals surface area contributed by atoms with Crippen molar-refractivity contribution in [3.63, 3.8) is 0 Å². The van der Waals surface area contributed by atoms with E-state index in [0.717, 1.165) is 5.56 Å². The van der Waals surface area contributed by atoms with Crippen LogP contribution in [0.15, 0.2) is 67.0 Å². The first-order chi connectivity index (χ1) is 12.7. The number of para-hydroxylation sites is 2. The van der Waals surface area contributed by atoms with Gasteiger partial charge in [0.05, 0.1) is 6.54 Å². The monoisotopic (exact) mass is 349 g/mol. The molecule has 1 aromatic heterocycles. The summed E-state index contributed by atoms with van der Waals surface area (Å²) >= 11 is 0. The molecular formula is C20H19N3O3. The molecule has 1 amide bonds. The number of ether oxygens (including phenoxy) is 2. The third kappa shape index (κ3) is 3.39. The van der Waals surface area contributed by atoms with Crippen molar-refractivity contribution in [2.45, 2.75) is 25.7 Å². The molecule has 1 N–H and O–H groups in total. The van der Waals surface area contributed by atoms with E-state index in [-0.39, 0.29) is 12.0 Å². The molecule has 1 aliphatic heterocycles. The second-order valence-corrected chi connectivity index (χ2v) is 6.20. The van der Waals surface area contributed by atoms with Crippen molar-refractivity contribution in [3.8, 4) is 11.5 Å². The lowest BCUT2D eigenvalue weighted by atomic mass is 10.1. The Hall–Kier alpha value is -3.28. The molecule has 2 heterocycles. The molecule has 1 aliphatic rings. The van der Waals surface area contributed by atoms with E-state index in [0.29, 0.717) is 23.7 Å². The Labute approximate surface area is 151 Å². The molecule has 6 nitrogen and oxygen atoms in total. The number of nitrogens with one attached hydrogen (secondary N) is 1. The Kier molecular flexibility index (Phi) is 4.31. The van der Waals surface area contributed by atoms with Crippen LogP contribution in [0.4, 0.5) is 5.69 Å². The first kappa shape index (κ1) is 16.2. The van der Waals surface area contributed by atoms with Crippen molar-refractivity contribution in [2.75, 3.05) is 5.32 Å². The van der Waals surface area contributed by atoms with E-state index in [1.807, 2.05) is 66.3 Å². The van der Waals surface area contributed by atoms with E-state index in [4.69, 9.17) is 9.47 Å². The van der Waals surface area contributed by atoms with Gasteiger partial charge in [0.1, 0.15) is 6.10 Å². The number of carbonyl (C=O) groups is 1. The minimum Gasteiger partial charge on any atom is -0.482 e. The van der Waals surface area contributed by atoms with Gasteiger partial charge in [-0.05, 0) is 42.8 Å². The van der Waals surface area contributed by atoms with Crippen molar-refractivity contribution >= 4 is 11.6 Å². The summed E-state index contributed by atoms with van der Waals surface area (Å²) in [7, 11) is 0. The zero-order valence-electron chi connectivity index (χ0n) is 14.3. The van der Waals surface area contributed by atoms with E-state index < -0.39 is 6.10 Å². The van der Waals surface area contributed by atoms with Crippen molar-refractivity contribution in [1.82, 2.24) is 9.78 Å². The summed E-state index contributed by atoms with van der Waals surface area (Å²) in [5.41, 5.74) is 1.82. The van der Waals surface area contributed by atoms with Gasteiger partial charge in [-0.25, -0.2) is 0 Å². The maximum absolute atomic E-state index is 12.6. The van der Waals surface area contributed by atoms with E-state index in [1.54, 1.807) is 12.3 Å². The Morgan fingerprint density at radius 3 is 2.50 bits per heavy atom. The van der Waals surface area contributed by atoms with Crippen LogP contribution >= 0.6 is 0 Å². The lowest BCUT2D eigenvalue weighted by Crippen LogP contribution is -2.46. The number of benzene rings is 2. The second kappa shape index (κ2) is 6.92. The van der Waals surface area contributed by atoms with Gasteiger partial charge in [0.2, 0.25) is 6.10 Å². The average Bonchev–Trinajstić information content (AvgIpc) is 3.16. The lowest BCUT2D eigenvalue weighted by Gasteiger charge is -2.31. The zero-order valence-corrected chi connectivity index (χ0v) is 14.3. The van der Waals surface area contributed by atoms with Gasteiger partial charge < -0.3 is 14.8 Å². The number of rotatable bonds is 4. The minimum atomic E-state index is -0.700. The Morgan fingerprint density at radius 2 is 1.81 bits per heavy atom. The molecule has 132 valence electrons. The highest BCUT2D eigenvalue weighted by atomic mass is 16.6. The highest BCUT2D eigenvalue weighted by molar-refractivity contribution is 5.95. The van der Waals surface area contributed by atoms with E-state index >= 15 is 0 Å². The molecule has 0 radical (unpaired) electrons. The fourth-order valence-corrected chi connectivity index (χ4v) is 2.89. The van der Waals surface area contributed by atoms with Gasteiger partial charge in [-0.1, -0.05) is 24.3 Å². The summed E-state index contributed by atoms with van der Waals surface area (Å²) in [6.45, 7) is 2.52. The molecule has 26 heavy (non-hydrogen) atoms. The first-order valence-electron chi connectivity index (χ1n) is 8.48. The molecule has 2 atom stereocenters. The Balaban J connectivity index is 1.41. The Morgan fingerprint density at radius 1 is 1.08 bits per heavy atom. The highest BCUT2D eigenvalue weighted by Crippen LogP contribution is 2.33. The summed E-state index contributed by atoms with van der Waals surface area (Å²) in [6, 6.07) is 16.9. The molecule has 3 aromatic rings. The number of aromatic nitrogens is 2. The van der Waals surface area contributed by atoms with Crippen molar-refractivity contribution in [1.29, 1.82) is 0 Å². The predicted molar refractivity (Wildman–Crippen MR) is 97.3 cm³/mol. The smallest absolute Gasteiger partial charge is 0.269 e. The molecule has 6 heteroatoms. The fourth-order valence-electron chi connectivity index (χ4n) is 2.89. The molecule has 0 aliphatic carbocycles. The van der Waals surface area contributed by atoms with E-state index in [9.17, 15) is 4.79 Å². The SMILES string of the molecule is C[C@@H]1Oc2ccccc2O[C@H]1C(=O)Nc1ccc(Cn2cccn2)cc1. The highest BCUT2D eigenvalue weighted by Gasteiger charge is 2.34. The van der Waals surface area contributed by atoms with Gasteiger partial charge in [0.15, 0.2) is 11.5 Å². The Bertz CT molecular complexity index is 891. The van der Waals surface area contributed by atoms with Gasteiger partial charge in [-0.2, -0.15) is 5.10 Å². The molecule has 0 spiro atoms. The lowest BCUT2D eigenvalue weighted by molar-refractivity contribution is -0.128. The summed E-state index contributed by atoms with van der Waals surface area (Å²) < 4.78 is 13.5. The minimum absolute atomic E-state index is 0.230. The van der Waals surface area contributed by atoms with Crippen molar-refractivity contribution < 1.29 is 14.3 Å². The quantitative estimate of drug-likeness (QED) is 0.786. The number of anilines is 1. The summed E-state index contributed by atoms with van der Waals surface area (Å²) in [5, 5.41) is 7.08. The third-order valence-corrected chi connectivity index (χ3v) is 4.23. The third-order valence-electron chi connectivity index (χ3n) is 4.23. The van der Waals surface area contributed by atoms with Gasteiger partial charge in [-0.3, -0.25) is 9.48 Å². The molecule has 2 aromatic carbocycles. The molecule has 0 saturated carbocycles. The predicted octanol–water partition coefficient (Wildman–Crippen LogP) is 3.10. The molecule has 0 fully saturated rings. The average molecular weight is 349 g/mol. The van der Waals surface area contributed by atoms with Crippen LogP contribution in [0.1, 0.15) is 12.5 Å². The van der Waals surface area contributed by atoms with Crippen molar-refractivity contribution in [3.05, 3.63) is 72.6 Å². The van der Waals surface area contributed by atoms with Gasteiger partial charge in [0.25, 0.3) is 5.91 Å². The maximum Gasteiger partial charge on any atom is 0.269 e. The maximum atomic E-state index is 12.6. The van der Waals surface area contributed by atoms with Gasteiger partial charge in [0, 0.05) is 18.1 Å². The van der Waals surface area contributed by atoms with Crippen molar-refractivity contribution in [2.24, 2.45) is 0 Å². The first-order valence-corrected chi connectivity index (χ1v) is 8.48. The number of hydrogen-bond acceptors (Lipinski definition) is 4. The normalized spacial score (nSPS) is 18.3. The number of hydrogen-bond donors (Lipinski definition) is 1. The van der Waals surface area contributed by atoms with Crippen LogP contribution in [0.3, 0.4) is 0 Å². The van der Waals surface area contributed by atoms with Crippen LogP contribution in [-0.2, 0) is 11.3 Å². The molecule has 0 saturated heterocycles. The number of amides is 1. The molecule has 0 unspecified atom stereocenters. The fraction of sp³-hybridized carbons (Fsp3) is 0.200. The molecule has 4 rings (SSSR count). The number of carbonyl (C=O) groups excluding carboxylic acids is 1. The van der Waals surface area contributed by atoms with Crippen LogP contribution < -0.4 is 14.8 Å². The van der Waals surface area contributed by atoms with Gasteiger partial charge in [-0.15, -0.1) is 0 Å². The number of nitrogens with zero attached hydrogens (tertiary/aromatic N) is 2. The van der Waals surface area contributed by atoms with Gasteiger partial charge >= 0.3 is 0 Å². The molecule has 0 bridgehead atoms. The van der Waals surface area contributed by atoms with Crippen LogP contribution in [-0.4, -0.2) is 27.9 Å². The van der Waals surface area contributed by atoms with Crippen LogP contribution in [0.2, 0.25) is 0 Å². The van der Waals surface area contributed by atoms with E-state index in [1.165, 1.54) is 0 Å². The summed E-state index contributed by atoms with van der Waals surface area (Å²) in [5.74, 6) is 1.01. The largest absolute Gasteiger partial charge is 0.482 e. The van der Waals surface area contributed by atoms with Crippen LogP contribution in [0, 0.1) is 0 Å².